The van der Waals surface area contributed by atoms with E-state index < -0.39 is 0 Å². The van der Waals surface area contributed by atoms with E-state index in [9.17, 15) is 4.79 Å². The highest BCUT2D eigenvalue weighted by Crippen LogP contribution is 2.25. The molecule has 0 fully saturated rings. The van der Waals surface area contributed by atoms with Crippen molar-refractivity contribution < 1.29 is 9.53 Å². The molecule has 0 heterocycles. The molecule has 1 atom stereocenters. The van der Waals surface area contributed by atoms with Crippen LogP contribution < -0.4 is 10.6 Å². The summed E-state index contributed by atoms with van der Waals surface area (Å²) in [4.78, 5) is 12.0. The standard InChI is InChI=1S/C13H19BrN2O2/c1-9(7-15-2)13(17)16-12-6-4-5-11(14)10(12)8-18-3/h4-6,9,15H,7-8H2,1-3H3,(H,16,17). The maximum Gasteiger partial charge on any atom is 0.228 e. The summed E-state index contributed by atoms with van der Waals surface area (Å²) in [5.41, 5.74) is 1.74. The Labute approximate surface area is 116 Å². The number of ether oxygens (including phenoxy) is 1. The van der Waals surface area contributed by atoms with Gasteiger partial charge in [0, 0.05) is 35.3 Å². The number of rotatable bonds is 6. The maximum atomic E-state index is 12.0. The number of methoxy groups -OCH3 is 1. The van der Waals surface area contributed by atoms with Crippen molar-refractivity contribution in [2.75, 3.05) is 26.0 Å². The average molecular weight is 315 g/mol. The number of carbonyl (C=O) groups excluding carboxylic acids is 1. The normalized spacial score (nSPS) is 12.2. The molecule has 0 aromatic heterocycles. The van der Waals surface area contributed by atoms with E-state index in [1.807, 2.05) is 32.2 Å². The molecule has 0 aliphatic heterocycles. The van der Waals surface area contributed by atoms with E-state index in [1.165, 1.54) is 0 Å². The summed E-state index contributed by atoms with van der Waals surface area (Å²) in [5, 5.41) is 5.92. The first kappa shape index (κ1) is 15.1. The summed E-state index contributed by atoms with van der Waals surface area (Å²) in [5.74, 6) is -0.0795. The lowest BCUT2D eigenvalue weighted by molar-refractivity contribution is -0.119. The molecule has 100 valence electrons. The lowest BCUT2D eigenvalue weighted by Crippen LogP contribution is -2.29. The van der Waals surface area contributed by atoms with Crippen LogP contribution in [0.5, 0.6) is 0 Å². The van der Waals surface area contributed by atoms with Crippen molar-refractivity contribution in [3.63, 3.8) is 0 Å². The molecule has 0 radical (unpaired) electrons. The van der Waals surface area contributed by atoms with Gasteiger partial charge in [0.15, 0.2) is 0 Å². The first-order chi connectivity index (χ1) is 8.60. The predicted molar refractivity (Wildman–Crippen MR) is 76.6 cm³/mol. The van der Waals surface area contributed by atoms with Gasteiger partial charge in [0.1, 0.15) is 0 Å². The molecular formula is C13H19BrN2O2. The number of anilines is 1. The molecule has 5 heteroatoms. The van der Waals surface area contributed by atoms with E-state index in [1.54, 1.807) is 7.11 Å². The fourth-order valence-electron chi connectivity index (χ4n) is 1.62. The third-order valence-corrected chi connectivity index (χ3v) is 3.37. The third kappa shape index (κ3) is 4.08. The molecule has 0 aliphatic carbocycles. The van der Waals surface area contributed by atoms with Crippen LogP contribution in [0, 0.1) is 5.92 Å². The van der Waals surface area contributed by atoms with Gasteiger partial charge in [-0.25, -0.2) is 0 Å². The van der Waals surface area contributed by atoms with Crippen LogP contribution in [0.2, 0.25) is 0 Å². The Morgan fingerprint density at radius 3 is 2.83 bits per heavy atom. The zero-order valence-electron chi connectivity index (χ0n) is 10.9. The van der Waals surface area contributed by atoms with Crippen molar-refractivity contribution in [2.45, 2.75) is 13.5 Å². The van der Waals surface area contributed by atoms with Crippen molar-refractivity contribution in [1.82, 2.24) is 5.32 Å². The van der Waals surface area contributed by atoms with Crippen LogP contribution in [-0.4, -0.2) is 26.6 Å². The molecule has 4 nitrogen and oxygen atoms in total. The number of hydrogen-bond donors (Lipinski definition) is 2. The van der Waals surface area contributed by atoms with Gasteiger partial charge in [0.05, 0.1) is 6.61 Å². The van der Waals surface area contributed by atoms with Crippen molar-refractivity contribution in [1.29, 1.82) is 0 Å². The van der Waals surface area contributed by atoms with E-state index >= 15 is 0 Å². The molecule has 0 saturated carbocycles. The van der Waals surface area contributed by atoms with Gasteiger partial charge >= 0.3 is 0 Å². The highest BCUT2D eigenvalue weighted by Gasteiger charge is 2.14. The molecule has 0 saturated heterocycles. The van der Waals surface area contributed by atoms with Crippen LogP contribution in [0.25, 0.3) is 0 Å². The van der Waals surface area contributed by atoms with E-state index in [2.05, 4.69) is 26.6 Å². The number of halogens is 1. The first-order valence-electron chi connectivity index (χ1n) is 5.82. The van der Waals surface area contributed by atoms with Gasteiger partial charge in [-0.05, 0) is 19.2 Å². The zero-order chi connectivity index (χ0) is 13.5. The number of nitrogens with one attached hydrogen (secondary N) is 2. The Kier molecular flexibility index (Phi) is 6.32. The van der Waals surface area contributed by atoms with E-state index in [-0.39, 0.29) is 11.8 Å². The lowest BCUT2D eigenvalue weighted by Gasteiger charge is -2.15. The van der Waals surface area contributed by atoms with Gasteiger partial charge in [-0.2, -0.15) is 0 Å². The fourth-order valence-corrected chi connectivity index (χ4v) is 2.10. The Hall–Kier alpha value is -0.910. The molecule has 1 aromatic carbocycles. The van der Waals surface area contributed by atoms with E-state index in [0.717, 1.165) is 15.7 Å². The molecule has 0 bridgehead atoms. The minimum Gasteiger partial charge on any atom is -0.380 e. The largest absolute Gasteiger partial charge is 0.380 e. The van der Waals surface area contributed by atoms with Crippen LogP contribution in [0.3, 0.4) is 0 Å². The Balaban J connectivity index is 2.83. The molecular weight excluding hydrogens is 296 g/mol. The van der Waals surface area contributed by atoms with E-state index in [0.29, 0.717) is 13.2 Å². The number of benzene rings is 1. The molecule has 1 aromatic rings. The zero-order valence-corrected chi connectivity index (χ0v) is 12.5. The van der Waals surface area contributed by atoms with Crippen molar-refractivity contribution >= 4 is 27.5 Å². The molecule has 1 rings (SSSR count). The summed E-state index contributed by atoms with van der Waals surface area (Å²) < 4.78 is 6.08. The average Bonchev–Trinajstić information content (AvgIpc) is 2.34. The van der Waals surface area contributed by atoms with Gasteiger partial charge in [-0.1, -0.05) is 28.9 Å². The highest BCUT2D eigenvalue weighted by molar-refractivity contribution is 9.10. The molecule has 0 spiro atoms. The van der Waals surface area contributed by atoms with Gasteiger partial charge in [-0.15, -0.1) is 0 Å². The SMILES string of the molecule is CNCC(C)C(=O)Nc1cccc(Br)c1COC. The topological polar surface area (TPSA) is 50.4 Å². The Morgan fingerprint density at radius 2 is 2.22 bits per heavy atom. The second-order valence-electron chi connectivity index (χ2n) is 4.15. The number of carbonyl (C=O) groups is 1. The Bertz CT molecular complexity index is 410. The molecule has 18 heavy (non-hydrogen) atoms. The lowest BCUT2D eigenvalue weighted by atomic mass is 10.1. The summed E-state index contributed by atoms with van der Waals surface area (Å²) in [7, 11) is 3.47. The molecule has 0 aliphatic rings. The summed E-state index contributed by atoms with van der Waals surface area (Å²) in [6.45, 7) is 3.00. The summed E-state index contributed by atoms with van der Waals surface area (Å²) >= 11 is 3.46. The second-order valence-corrected chi connectivity index (χ2v) is 5.00. The third-order valence-electron chi connectivity index (χ3n) is 2.62. The fraction of sp³-hybridized carbons (Fsp3) is 0.462. The minimum atomic E-state index is -0.0793. The van der Waals surface area contributed by atoms with Crippen LogP contribution in [0.1, 0.15) is 12.5 Å². The molecule has 2 N–H and O–H groups in total. The summed E-state index contributed by atoms with van der Waals surface area (Å²) in [6.07, 6.45) is 0. The second kappa shape index (κ2) is 7.51. The maximum absolute atomic E-state index is 12.0. The Morgan fingerprint density at radius 1 is 1.50 bits per heavy atom. The van der Waals surface area contributed by atoms with Gasteiger partial charge in [0.2, 0.25) is 5.91 Å². The van der Waals surface area contributed by atoms with Crippen LogP contribution in [0.15, 0.2) is 22.7 Å². The van der Waals surface area contributed by atoms with Crippen molar-refractivity contribution in [3.05, 3.63) is 28.2 Å². The minimum absolute atomic E-state index is 0.000182. The molecule has 1 unspecified atom stereocenters. The predicted octanol–water partition coefficient (Wildman–Crippen LogP) is 2.39. The smallest absolute Gasteiger partial charge is 0.228 e. The van der Waals surface area contributed by atoms with Crippen LogP contribution >= 0.6 is 15.9 Å². The van der Waals surface area contributed by atoms with Gasteiger partial charge < -0.3 is 15.4 Å². The first-order valence-corrected chi connectivity index (χ1v) is 6.61. The molecule has 1 amide bonds. The van der Waals surface area contributed by atoms with Crippen molar-refractivity contribution in [2.24, 2.45) is 5.92 Å². The quantitative estimate of drug-likeness (QED) is 0.847. The summed E-state index contributed by atoms with van der Waals surface area (Å²) in [6, 6.07) is 5.70. The number of hydrogen-bond acceptors (Lipinski definition) is 3. The van der Waals surface area contributed by atoms with Crippen LogP contribution in [0.4, 0.5) is 5.69 Å². The number of amides is 1. The van der Waals surface area contributed by atoms with Crippen LogP contribution in [-0.2, 0) is 16.1 Å². The van der Waals surface area contributed by atoms with Crippen molar-refractivity contribution in [3.8, 4) is 0 Å². The van der Waals surface area contributed by atoms with E-state index in [4.69, 9.17) is 4.74 Å². The highest BCUT2D eigenvalue weighted by atomic mass is 79.9. The van der Waals surface area contributed by atoms with Gasteiger partial charge in [-0.3, -0.25) is 4.79 Å². The van der Waals surface area contributed by atoms with Gasteiger partial charge in [0.25, 0.3) is 0 Å². The monoisotopic (exact) mass is 314 g/mol.